The third-order valence-electron chi connectivity index (χ3n) is 6.88. The van der Waals surface area contributed by atoms with Crippen molar-refractivity contribution < 1.29 is 22.8 Å². The number of hydrogen-bond acceptors (Lipinski definition) is 3. The molecular weight excluding hydrogens is 399 g/mol. The fraction of sp³-hybridized carbons (Fsp3) is 0.750. The largest absolute Gasteiger partial charge is 0.435 e. The SMILES string of the molecule is O=C1CCC2(CN(C(=O)N3CCC(Cc4cn(C5CC5)nc4C(F)(F)F)CC3)C2)N1. The second-order valence-corrected chi connectivity index (χ2v) is 9.31. The maximum Gasteiger partial charge on any atom is 0.435 e. The van der Waals surface area contributed by atoms with Gasteiger partial charge in [0.15, 0.2) is 5.69 Å². The molecule has 0 unspecified atom stereocenters. The fourth-order valence-corrected chi connectivity index (χ4v) is 5.01. The first kappa shape index (κ1) is 19.7. The zero-order valence-electron chi connectivity index (χ0n) is 16.7. The molecule has 0 bridgehead atoms. The molecule has 3 saturated heterocycles. The van der Waals surface area contributed by atoms with Gasteiger partial charge in [0.05, 0.1) is 11.6 Å². The van der Waals surface area contributed by atoms with E-state index in [0.717, 1.165) is 19.3 Å². The Labute approximate surface area is 172 Å². The minimum absolute atomic E-state index is 0.0299. The maximum atomic E-state index is 13.4. The highest BCUT2D eigenvalue weighted by atomic mass is 19.4. The van der Waals surface area contributed by atoms with Gasteiger partial charge in [0.2, 0.25) is 5.91 Å². The molecule has 1 aromatic heterocycles. The molecule has 1 spiro atoms. The summed E-state index contributed by atoms with van der Waals surface area (Å²) in [4.78, 5) is 27.7. The number of carbonyl (C=O) groups is 2. The number of aromatic nitrogens is 2. The Morgan fingerprint density at radius 3 is 2.43 bits per heavy atom. The van der Waals surface area contributed by atoms with E-state index in [2.05, 4.69) is 10.4 Å². The van der Waals surface area contributed by atoms with Crippen LogP contribution >= 0.6 is 0 Å². The lowest BCUT2D eigenvalue weighted by Crippen LogP contribution is -2.70. The van der Waals surface area contributed by atoms with Gasteiger partial charge in [-0.05, 0) is 44.4 Å². The number of carbonyl (C=O) groups excluding carboxylic acids is 2. The summed E-state index contributed by atoms with van der Waals surface area (Å²) in [6.07, 6.45) is 1.94. The van der Waals surface area contributed by atoms with Gasteiger partial charge in [-0.1, -0.05) is 0 Å². The van der Waals surface area contributed by atoms with Crippen LogP contribution in [-0.4, -0.2) is 63.2 Å². The predicted molar refractivity (Wildman–Crippen MR) is 101 cm³/mol. The predicted octanol–water partition coefficient (Wildman–Crippen LogP) is 2.58. The zero-order chi connectivity index (χ0) is 21.1. The molecule has 30 heavy (non-hydrogen) atoms. The van der Waals surface area contributed by atoms with Crippen molar-refractivity contribution in [2.24, 2.45) is 5.92 Å². The Hall–Kier alpha value is -2.26. The first-order chi connectivity index (χ1) is 14.2. The second kappa shape index (κ2) is 6.88. The van der Waals surface area contributed by atoms with Crippen LogP contribution in [0.15, 0.2) is 6.20 Å². The van der Waals surface area contributed by atoms with Gasteiger partial charge in [-0.2, -0.15) is 18.3 Å². The fourth-order valence-electron chi connectivity index (χ4n) is 5.01. The van der Waals surface area contributed by atoms with Crippen molar-refractivity contribution in [3.63, 3.8) is 0 Å². The highest BCUT2D eigenvalue weighted by Gasteiger charge is 2.50. The van der Waals surface area contributed by atoms with Crippen LogP contribution in [0.25, 0.3) is 0 Å². The van der Waals surface area contributed by atoms with Crippen molar-refractivity contribution in [1.29, 1.82) is 0 Å². The van der Waals surface area contributed by atoms with Gasteiger partial charge < -0.3 is 15.1 Å². The summed E-state index contributed by atoms with van der Waals surface area (Å²) in [6.45, 7) is 2.20. The van der Waals surface area contributed by atoms with E-state index in [0.29, 0.717) is 51.9 Å². The van der Waals surface area contributed by atoms with E-state index in [-0.39, 0.29) is 35.0 Å². The van der Waals surface area contributed by atoms with Gasteiger partial charge in [-0.25, -0.2) is 4.79 Å². The van der Waals surface area contributed by atoms with Crippen LogP contribution < -0.4 is 5.32 Å². The molecule has 0 atom stereocenters. The number of hydrogen-bond donors (Lipinski definition) is 1. The Balaban J connectivity index is 1.15. The average Bonchev–Trinajstić information content (AvgIpc) is 3.30. The summed E-state index contributed by atoms with van der Waals surface area (Å²) >= 11 is 0. The number of nitrogens with one attached hydrogen (secondary N) is 1. The summed E-state index contributed by atoms with van der Waals surface area (Å²) in [6, 6.07) is 0.0848. The Bertz CT molecular complexity index is 849. The Morgan fingerprint density at radius 1 is 1.17 bits per heavy atom. The lowest BCUT2D eigenvalue weighted by atomic mass is 9.88. The minimum atomic E-state index is -4.44. The van der Waals surface area contributed by atoms with Crippen molar-refractivity contribution in [3.05, 3.63) is 17.5 Å². The van der Waals surface area contributed by atoms with E-state index in [1.54, 1.807) is 16.0 Å². The molecule has 7 nitrogen and oxygen atoms in total. The molecule has 0 radical (unpaired) electrons. The summed E-state index contributed by atoms with van der Waals surface area (Å²) in [5, 5.41) is 6.79. The van der Waals surface area contributed by atoms with Gasteiger partial charge in [-0.3, -0.25) is 9.48 Å². The van der Waals surface area contributed by atoms with Crippen molar-refractivity contribution in [2.75, 3.05) is 26.2 Å². The summed E-state index contributed by atoms with van der Waals surface area (Å²) in [7, 11) is 0. The van der Waals surface area contributed by atoms with E-state index < -0.39 is 11.9 Å². The quantitative estimate of drug-likeness (QED) is 0.809. The molecule has 1 saturated carbocycles. The molecule has 4 heterocycles. The third kappa shape index (κ3) is 3.65. The molecule has 164 valence electrons. The molecule has 4 aliphatic rings. The smallest absolute Gasteiger partial charge is 0.347 e. The lowest BCUT2D eigenvalue weighted by molar-refractivity contribution is -0.142. The van der Waals surface area contributed by atoms with Crippen LogP contribution in [0.5, 0.6) is 0 Å². The highest BCUT2D eigenvalue weighted by Crippen LogP contribution is 2.39. The van der Waals surface area contributed by atoms with Gasteiger partial charge in [0, 0.05) is 44.4 Å². The minimum Gasteiger partial charge on any atom is -0.347 e. The molecule has 3 aliphatic heterocycles. The molecule has 1 aliphatic carbocycles. The first-order valence-corrected chi connectivity index (χ1v) is 10.7. The molecule has 0 aromatic carbocycles. The Kier molecular flexibility index (Phi) is 4.52. The number of rotatable bonds is 3. The van der Waals surface area contributed by atoms with E-state index >= 15 is 0 Å². The van der Waals surface area contributed by atoms with E-state index in [1.807, 2.05) is 0 Å². The van der Waals surface area contributed by atoms with Crippen LogP contribution in [0.3, 0.4) is 0 Å². The summed E-state index contributed by atoms with van der Waals surface area (Å²) in [5.41, 5.74) is -0.709. The van der Waals surface area contributed by atoms with Crippen LogP contribution in [0.1, 0.15) is 55.8 Å². The van der Waals surface area contributed by atoms with E-state index in [4.69, 9.17) is 0 Å². The first-order valence-electron chi connectivity index (χ1n) is 10.7. The van der Waals surface area contributed by atoms with Gasteiger partial charge in [-0.15, -0.1) is 0 Å². The normalized spacial score (nSPS) is 24.3. The number of alkyl halides is 3. The van der Waals surface area contributed by atoms with E-state index in [1.165, 1.54) is 4.68 Å². The van der Waals surface area contributed by atoms with Crippen LogP contribution in [0, 0.1) is 5.92 Å². The number of nitrogens with zero attached hydrogens (tertiary/aromatic N) is 4. The number of amides is 3. The summed E-state index contributed by atoms with van der Waals surface area (Å²) in [5.74, 6) is 0.162. The van der Waals surface area contributed by atoms with E-state index in [9.17, 15) is 22.8 Å². The number of halogens is 3. The van der Waals surface area contributed by atoms with Crippen molar-refractivity contribution in [3.8, 4) is 0 Å². The summed E-state index contributed by atoms with van der Waals surface area (Å²) < 4.78 is 41.7. The molecule has 10 heteroatoms. The number of urea groups is 1. The standard InChI is InChI=1S/C20H26F3N5O2/c21-20(22,23)17-14(10-28(25-17)15-1-2-15)9-13-4-7-26(8-5-13)18(30)27-11-19(12-27)6-3-16(29)24-19/h10,13,15H,1-9,11-12H2,(H,24,29). The molecule has 4 fully saturated rings. The van der Waals surface area contributed by atoms with Crippen molar-refractivity contribution in [1.82, 2.24) is 24.9 Å². The zero-order valence-corrected chi connectivity index (χ0v) is 16.7. The molecule has 3 amide bonds. The highest BCUT2D eigenvalue weighted by molar-refractivity contribution is 5.82. The van der Waals surface area contributed by atoms with Crippen molar-refractivity contribution >= 4 is 11.9 Å². The molecule has 1 N–H and O–H groups in total. The average molecular weight is 425 g/mol. The van der Waals surface area contributed by atoms with Gasteiger partial charge in [0.1, 0.15) is 0 Å². The van der Waals surface area contributed by atoms with Gasteiger partial charge in [0.25, 0.3) is 0 Å². The monoisotopic (exact) mass is 425 g/mol. The van der Waals surface area contributed by atoms with Crippen molar-refractivity contribution in [2.45, 2.75) is 62.7 Å². The lowest BCUT2D eigenvalue weighted by Gasteiger charge is -2.49. The molecule has 1 aromatic rings. The topological polar surface area (TPSA) is 70.5 Å². The number of likely N-dealkylation sites (tertiary alicyclic amines) is 2. The molecule has 5 rings (SSSR count). The molecular formula is C20H26F3N5O2. The van der Waals surface area contributed by atoms with Gasteiger partial charge >= 0.3 is 12.2 Å². The third-order valence-corrected chi connectivity index (χ3v) is 6.88. The van der Waals surface area contributed by atoms with Crippen LogP contribution in [-0.2, 0) is 17.4 Å². The van der Waals surface area contributed by atoms with Crippen LogP contribution in [0.2, 0.25) is 0 Å². The maximum absolute atomic E-state index is 13.4. The number of piperidine rings is 1. The van der Waals surface area contributed by atoms with Crippen LogP contribution in [0.4, 0.5) is 18.0 Å². The Morgan fingerprint density at radius 2 is 1.87 bits per heavy atom. The second-order valence-electron chi connectivity index (χ2n) is 9.31.